The molecular formula is C15H26N2O2. The maximum Gasteiger partial charge on any atom is 0.144 e. The monoisotopic (exact) mass is 266 g/mol. The average Bonchev–Trinajstić information content (AvgIpc) is 2.32. The third-order valence-corrected chi connectivity index (χ3v) is 3.16. The average molecular weight is 266 g/mol. The minimum absolute atomic E-state index is 0.0385. The van der Waals surface area contributed by atoms with E-state index in [-0.39, 0.29) is 18.1 Å². The summed E-state index contributed by atoms with van der Waals surface area (Å²) in [5.41, 5.74) is 7.63. The summed E-state index contributed by atoms with van der Waals surface area (Å²) < 4.78 is 5.49. The Bertz CT molecular complexity index is 400. The number of anilines is 2. The second-order valence-corrected chi connectivity index (χ2v) is 5.73. The Labute approximate surface area is 116 Å². The van der Waals surface area contributed by atoms with Crippen LogP contribution in [0.2, 0.25) is 0 Å². The predicted molar refractivity (Wildman–Crippen MR) is 80.6 cm³/mol. The lowest BCUT2D eigenvalue weighted by Crippen LogP contribution is -2.35. The Morgan fingerprint density at radius 1 is 1.37 bits per heavy atom. The van der Waals surface area contributed by atoms with Gasteiger partial charge < -0.3 is 20.9 Å². The highest BCUT2D eigenvalue weighted by Crippen LogP contribution is 2.33. The maximum atomic E-state index is 9.19. The minimum atomic E-state index is 0.0385. The summed E-state index contributed by atoms with van der Waals surface area (Å²) in [6, 6.07) is 5.87. The molecule has 0 bridgehead atoms. The lowest BCUT2D eigenvalue weighted by atomic mass is 9.84. The molecule has 108 valence electrons. The van der Waals surface area contributed by atoms with Gasteiger partial charge in [0.2, 0.25) is 0 Å². The van der Waals surface area contributed by atoms with Gasteiger partial charge in [0.05, 0.1) is 18.0 Å². The molecule has 0 fully saturated rings. The fourth-order valence-corrected chi connectivity index (χ4v) is 1.99. The van der Waals surface area contributed by atoms with E-state index in [9.17, 15) is 5.11 Å². The molecule has 0 aromatic heterocycles. The van der Waals surface area contributed by atoms with Gasteiger partial charge in [-0.1, -0.05) is 26.8 Å². The number of benzene rings is 1. The zero-order valence-electron chi connectivity index (χ0n) is 12.4. The van der Waals surface area contributed by atoms with E-state index in [0.29, 0.717) is 24.5 Å². The van der Waals surface area contributed by atoms with Gasteiger partial charge in [0.15, 0.2) is 0 Å². The third kappa shape index (κ3) is 4.31. The van der Waals surface area contributed by atoms with Crippen LogP contribution in [0.1, 0.15) is 34.1 Å². The fourth-order valence-electron chi connectivity index (χ4n) is 1.99. The van der Waals surface area contributed by atoms with E-state index in [4.69, 9.17) is 10.5 Å². The Kier molecular flexibility index (Phi) is 5.48. The number of para-hydroxylation sites is 1. The van der Waals surface area contributed by atoms with Crippen molar-refractivity contribution in [2.24, 2.45) is 5.41 Å². The molecule has 0 saturated carbocycles. The molecule has 1 unspecified atom stereocenters. The highest BCUT2D eigenvalue weighted by atomic mass is 16.5. The van der Waals surface area contributed by atoms with E-state index < -0.39 is 0 Å². The Balaban J connectivity index is 2.93. The number of hydrogen-bond acceptors (Lipinski definition) is 4. The van der Waals surface area contributed by atoms with Crippen molar-refractivity contribution in [2.45, 2.75) is 40.2 Å². The summed E-state index contributed by atoms with van der Waals surface area (Å²) in [7, 11) is 0. The maximum absolute atomic E-state index is 9.19. The lowest BCUT2D eigenvalue weighted by molar-refractivity contribution is 0.235. The fraction of sp³-hybridized carbons (Fsp3) is 0.600. The molecule has 4 nitrogen and oxygen atoms in total. The first kappa shape index (κ1) is 15.6. The molecule has 4 heteroatoms. The van der Waals surface area contributed by atoms with Gasteiger partial charge >= 0.3 is 0 Å². The summed E-state index contributed by atoms with van der Waals surface area (Å²) in [5.74, 6) is 0.698. The van der Waals surface area contributed by atoms with Gasteiger partial charge in [-0.25, -0.2) is 0 Å². The van der Waals surface area contributed by atoms with Crippen LogP contribution in [0, 0.1) is 5.41 Å². The molecule has 1 aromatic rings. The van der Waals surface area contributed by atoms with Crippen molar-refractivity contribution in [3.63, 3.8) is 0 Å². The first-order chi connectivity index (χ1) is 8.90. The topological polar surface area (TPSA) is 67.5 Å². The molecule has 4 N–H and O–H groups in total. The summed E-state index contributed by atoms with van der Waals surface area (Å²) >= 11 is 0. The van der Waals surface area contributed by atoms with Crippen LogP contribution in [0.15, 0.2) is 18.2 Å². The van der Waals surface area contributed by atoms with Gasteiger partial charge in [-0.15, -0.1) is 0 Å². The van der Waals surface area contributed by atoms with E-state index in [1.807, 2.05) is 25.1 Å². The normalized spacial score (nSPS) is 13.1. The van der Waals surface area contributed by atoms with Gasteiger partial charge in [0.1, 0.15) is 5.75 Å². The van der Waals surface area contributed by atoms with E-state index >= 15 is 0 Å². The standard InChI is InChI=1S/C15H26N2O2/c1-5-19-12-8-6-7-11(14(12)16)17-13(9-10-18)15(2,3)4/h6-8,13,17-18H,5,9-10,16H2,1-4H3. The Hall–Kier alpha value is -1.42. The van der Waals surface area contributed by atoms with Crippen molar-refractivity contribution in [3.8, 4) is 5.75 Å². The molecule has 0 spiro atoms. The smallest absolute Gasteiger partial charge is 0.144 e. The predicted octanol–water partition coefficient (Wildman–Crippen LogP) is 2.88. The van der Waals surface area contributed by atoms with Crippen molar-refractivity contribution in [2.75, 3.05) is 24.3 Å². The van der Waals surface area contributed by atoms with E-state index in [2.05, 4.69) is 26.1 Å². The number of nitrogens with two attached hydrogens (primary N) is 1. The first-order valence-corrected chi connectivity index (χ1v) is 6.78. The number of aliphatic hydroxyl groups is 1. The molecule has 0 amide bonds. The first-order valence-electron chi connectivity index (χ1n) is 6.78. The lowest BCUT2D eigenvalue weighted by Gasteiger charge is -2.32. The molecule has 0 radical (unpaired) electrons. The summed E-state index contributed by atoms with van der Waals surface area (Å²) in [6.45, 7) is 9.10. The molecule has 19 heavy (non-hydrogen) atoms. The molecule has 0 aliphatic carbocycles. The second-order valence-electron chi connectivity index (χ2n) is 5.73. The van der Waals surface area contributed by atoms with Crippen LogP contribution in [0.3, 0.4) is 0 Å². The van der Waals surface area contributed by atoms with Crippen LogP contribution in [0.4, 0.5) is 11.4 Å². The van der Waals surface area contributed by atoms with Crippen molar-refractivity contribution >= 4 is 11.4 Å². The van der Waals surface area contributed by atoms with Crippen molar-refractivity contribution in [3.05, 3.63) is 18.2 Å². The van der Waals surface area contributed by atoms with Gasteiger partial charge in [-0.2, -0.15) is 0 Å². The molecule has 0 aliphatic heterocycles. The van der Waals surface area contributed by atoms with Gasteiger partial charge in [0, 0.05) is 12.6 Å². The second kappa shape index (κ2) is 6.66. The zero-order chi connectivity index (χ0) is 14.5. The number of hydrogen-bond donors (Lipinski definition) is 3. The molecule has 0 aliphatic rings. The quantitative estimate of drug-likeness (QED) is 0.693. The van der Waals surface area contributed by atoms with E-state index in [1.54, 1.807) is 0 Å². The van der Waals surface area contributed by atoms with Crippen LogP contribution in [-0.2, 0) is 0 Å². The van der Waals surface area contributed by atoms with Crippen LogP contribution < -0.4 is 15.8 Å². The number of ether oxygens (including phenoxy) is 1. The largest absolute Gasteiger partial charge is 0.492 e. The van der Waals surface area contributed by atoms with Crippen LogP contribution in [0.25, 0.3) is 0 Å². The summed E-state index contributed by atoms with van der Waals surface area (Å²) in [4.78, 5) is 0. The van der Waals surface area contributed by atoms with E-state index in [0.717, 1.165) is 5.69 Å². The van der Waals surface area contributed by atoms with Gasteiger partial charge in [-0.05, 0) is 30.9 Å². The van der Waals surface area contributed by atoms with Crippen LogP contribution in [0.5, 0.6) is 5.75 Å². The highest BCUT2D eigenvalue weighted by Gasteiger charge is 2.24. The highest BCUT2D eigenvalue weighted by molar-refractivity contribution is 5.73. The molecular weight excluding hydrogens is 240 g/mol. The Morgan fingerprint density at radius 3 is 2.58 bits per heavy atom. The molecule has 0 saturated heterocycles. The van der Waals surface area contributed by atoms with Crippen LogP contribution in [-0.4, -0.2) is 24.4 Å². The SMILES string of the molecule is CCOc1cccc(NC(CCO)C(C)(C)C)c1N. The Morgan fingerprint density at radius 2 is 2.05 bits per heavy atom. The van der Waals surface area contributed by atoms with Crippen molar-refractivity contribution < 1.29 is 9.84 Å². The summed E-state index contributed by atoms with van der Waals surface area (Å²) in [6.07, 6.45) is 0.682. The van der Waals surface area contributed by atoms with Gasteiger partial charge in [-0.3, -0.25) is 0 Å². The van der Waals surface area contributed by atoms with Gasteiger partial charge in [0.25, 0.3) is 0 Å². The molecule has 1 atom stereocenters. The minimum Gasteiger partial charge on any atom is -0.492 e. The molecule has 0 heterocycles. The molecule has 1 rings (SSSR count). The van der Waals surface area contributed by atoms with Crippen molar-refractivity contribution in [1.29, 1.82) is 0 Å². The summed E-state index contributed by atoms with van der Waals surface area (Å²) in [5, 5.41) is 12.6. The molecule has 1 aromatic carbocycles. The zero-order valence-corrected chi connectivity index (χ0v) is 12.4. The van der Waals surface area contributed by atoms with Crippen molar-refractivity contribution in [1.82, 2.24) is 0 Å². The van der Waals surface area contributed by atoms with Crippen LogP contribution >= 0.6 is 0 Å². The number of nitrogen functional groups attached to an aromatic ring is 1. The number of rotatable bonds is 6. The third-order valence-electron chi connectivity index (χ3n) is 3.16. The number of nitrogens with one attached hydrogen (secondary N) is 1. The van der Waals surface area contributed by atoms with E-state index in [1.165, 1.54) is 0 Å². The number of aliphatic hydroxyl groups excluding tert-OH is 1.